The number of rotatable bonds is 3. The molecule has 2 aromatic rings. The summed E-state index contributed by atoms with van der Waals surface area (Å²) in [5.41, 5.74) is 5.66. The first-order valence-electron chi connectivity index (χ1n) is 4.78. The predicted octanol–water partition coefficient (Wildman–Crippen LogP) is 2.46. The van der Waals surface area contributed by atoms with Crippen LogP contribution in [-0.2, 0) is 0 Å². The van der Waals surface area contributed by atoms with E-state index in [-0.39, 0.29) is 5.82 Å². The summed E-state index contributed by atoms with van der Waals surface area (Å²) in [7, 11) is 1.50. The van der Waals surface area contributed by atoms with Crippen LogP contribution in [0.5, 0.6) is 17.4 Å². The summed E-state index contributed by atoms with van der Waals surface area (Å²) in [6.07, 6.45) is 1.33. The molecule has 0 saturated heterocycles. The van der Waals surface area contributed by atoms with Crippen molar-refractivity contribution >= 4 is 28.4 Å². The number of nitrogens with two attached hydrogens (primary N) is 1. The molecule has 0 spiro atoms. The maximum atomic E-state index is 5.66. The lowest BCUT2D eigenvalue weighted by atomic mass is 10.3. The van der Waals surface area contributed by atoms with Crippen molar-refractivity contribution in [3.63, 3.8) is 0 Å². The van der Waals surface area contributed by atoms with Gasteiger partial charge in [0.05, 0.1) is 7.11 Å². The summed E-state index contributed by atoms with van der Waals surface area (Å²) in [4.78, 5) is 7.82. The first-order chi connectivity index (χ1) is 8.20. The Morgan fingerprint density at radius 3 is 2.82 bits per heavy atom. The quantitative estimate of drug-likeness (QED) is 0.867. The fourth-order valence-electron chi connectivity index (χ4n) is 1.28. The topological polar surface area (TPSA) is 70.3 Å². The highest BCUT2D eigenvalue weighted by Crippen LogP contribution is 2.32. The van der Waals surface area contributed by atoms with Crippen LogP contribution >= 0.6 is 22.6 Å². The number of halogens is 1. The Labute approximate surface area is 112 Å². The van der Waals surface area contributed by atoms with E-state index in [0.29, 0.717) is 17.4 Å². The van der Waals surface area contributed by atoms with Gasteiger partial charge in [-0.1, -0.05) is 6.07 Å². The van der Waals surface area contributed by atoms with Crippen LogP contribution in [0.25, 0.3) is 0 Å². The second kappa shape index (κ2) is 5.17. The normalized spacial score (nSPS) is 10.0. The van der Waals surface area contributed by atoms with Gasteiger partial charge in [-0.25, -0.2) is 4.98 Å². The van der Waals surface area contributed by atoms with Gasteiger partial charge in [0.2, 0.25) is 5.75 Å². The van der Waals surface area contributed by atoms with Crippen molar-refractivity contribution in [1.29, 1.82) is 0 Å². The Morgan fingerprint density at radius 2 is 2.12 bits per heavy atom. The van der Waals surface area contributed by atoms with E-state index in [2.05, 4.69) is 32.6 Å². The van der Waals surface area contributed by atoms with Crippen molar-refractivity contribution < 1.29 is 9.47 Å². The summed E-state index contributed by atoms with van der Waals surface area (Å²) in [6, 6.07) is 7.59. The summed E-state index contributed by atoms with van der Waals surface area (Å²) >= 11 is 2.20. The van der Waals surface area contributed by atoms with Crippen molar-refractivity contribution in [2.45, 2.75) is 0 Å². The molecule has 0 saturated carbocycles. The first-order valence-corrected chi connectivity index (χ1v) is 5.86. The van der Waals surface area contributed by atoms with E-state index in [1.54, 1.807) is 0 Å². The Bertz CT molecular complexity index is 534. The molecule has 0 unspecified atom stereocenters. The van der Waals surface area contributed by atoms with Gasteiger partial charge in [-0.15, -0.1) is 0 Å². The third kappa shape index (κ3) is 2.76. The van der Waals surface area contributed by atoms with Crippen LogP contribution in [0.2, 0.25) is 0 Å². The minimum atomic E-state index is 0.253. The van der Waals surface area contributed by atoms with E-state index < -0.39 is 0 Å². The molecule has 1 aromatic heterocycles. The molecule has 0 aliphatic rings. The van der Waals surface area contributed by atoms with Gasteiger partial charge in [0, 0.05) is 3.57 Å². The fraction of sp³-hybridized carbons (Fsp3) is 0.0909. The summed E-state index contributed by atoms with van der Waals surface area (Å²) in [5.74, 6) is 1.57. The predicted molar refractivity (Wildman–Crippen MR) is 72.2 cm³/mol. The molecule has 0 atom stereocenters. The minimum Gasteiger partial charge on any atom is -0.489 e. The lowest BCUT2D eigenvalue weighted by Gasteiger charge is -2.09. The molecular formula is C11H10IN3O2. The number of nitrogen functional groups attached to an aromatic ring is 1. The number of ether oxygens (including phenoxy) is 2. The van der Waals surface area contributed by atoms with Crippen molar-refractivity contribution in [2.24, 2.45) is 0 Å². The van der Waals surface area contributed by atoms with Crippen molar-refractivity contribution in [2.75, 3.05) is 12.8 Å². The molecule has 5 nitrogen and oxygen atoms in total. The number of methoxy groups -OCH3 is 1. The van der Waals surface area contributed by atoms with Crippen molar-refractivity contribution in [1.82, 2.24) is 9.97 Å². The summed E-state index contributed by atoms with van der Waals surface area (Å²) in [5, 5.41) is 0. The lowest BCUT2D eigenvalue weighted by Crippen LogP contribution is -2.00. The van der Waals surface area contributed by atoms with E-state index in [9.17, 15) is 0 Å². The van der Waals surface area contributed by atoms with Crippen molar-refractivity contribution in [3.05, 3.63) is 34.2 Å². The minimum absolute atomic E-state index is 0.253. The molecule has 0 radical (unpaired) electrons. The molecule has 0 aliphatic heterocycles. The second-order valence-electron chi connectivity index (χ2n) is 3.16. The molecule has 0 aliphatic carbocycles. The Hall–Kier alpha value is -1.57. The first kappa shape index (κ1) is 11.9. The van der Waals surface area contributed by atoms with Crippen molar-refractivity contribution in [3.8, 4) is 17.4 Å². The number of anilines is 1. The highest BCUT2D eigenvalue weighted by atomic mass is 127. The molecule has 17 heavy (non-hydrogen) atoms. The van der Waals surface area contributed by atoms with Crippen LogP contribution in [0, 0.1) is 3.57 Å². The van der Waals surface area contributed by atoms with Crippen LogP contribution in [0.15, 0.2) is 30.6 Å². The Kier molecular flexibility index (Phi) is 3.62. The second-order valence-corrected chi connectivity index (χ2v) is 4.40. The third-order valence-electron chi connectivity index (χ3n) is 2.01. The van der Waals surface area contributed by atoms with Crippen LogP contribution in [0.4, 0.5) is 5.82 Å². The van der Waals surface area contributed by atoms with Crippen LogP contribution < -0.4 is 15.2 Å². The van der Waals surface area contributed by atoms with E-state index in [1.165, 1.54) is 13.4 Å². The number of aromatic nitrogens is 2. The summed E-state index contributed by atoms with van der Waals surface area (Å²) in [6.45, 7) is 0. The van der Waals surface area contributed by atoms with E-state index in [4.69, 9.17) is 15.2 Å². The molecule has 0 fully saturated rings. The zero-order valence-electron chi connectivity index (χ0n) is 9.05. The average Bonchev–Trinajstić information content (AvgIpc) is 2.29. The van der Waals surface area contributed by atoms with Gasteiger partial charge in [0.15, 0.2) is 5.82 Å². The molecule has 6 heteroatoms. The largest absolute Gasteiger partial charge is 0.489 e. The number of hydrogen-bond acceptors (Lipinski definition) is 5. The smallest absolute Gasteiger partial charge is 0.268 e. The highest BCUT2D eigenvalue weighted by Gasteiger charge is 2.11. The van der Waals surface area contributed by atoms with Crippen LogP contribution in [0.3, 0.4) is 0 Å². The number of hydrogen-bond donors (Lipinski definition) is 1. The molecule has 1 aromatic carbocycles. The average molecular weight is 343 g/mol. The van der Waals surface area contributed by atoms with Gasteiger partial charge in [-0.2, -0.15) is 4.98 Å². The molecule has 0 amide bonds. The van der Waals surface area contributed by atoms with Crippen LogP contribution in [0.1, 0.15) is 0 Å². The SMILES string of the molecule is COc1c(N)ncnc1Oc1cccc(I)c1. The lowest BCUT2D eigenvalue weighted by molar-refractivity contribution is 0.369. The number of benzene rings is 1. The Morgan fingerprint density at radius 1 is 1.29 bits per heavy atom. The molecule has 88 valence electrons. The maximum Gasteiger partial charge on any atom is 0.268 e. The monoisotopic (exact) mass is 343 g/mol. The van der Waals surface area contributed by atoms with Crippen LogP contribution in [-0.4, -0.2) is 17.1 Å². The molecule has 2 N–H and O–H groups in total. The molecule has 2 rings (SSSR count). The molecule has 1 heterocycles. The van der Waals surface area contributed by atoms with Gasteiger partial charge in [0.1, 0.15) is 12.1 Å². The fourth-order valence-corrected chi connectivity index (χ4v) is 1.79. The standard InChI is InChI=1S/C11H10IN3O2/c1-16-9-10(13)14-6-15-11(9)17-8-4-2-3-7(12)5-8/h2-6H,1H3,(H2,13,14,15). The maximum absolute atomic E-state index is 5.66. The summed E-state index contributed by atoms with van der Waals surface area (Å²) < 4.78 is 11.8. The van der Waals surface area contributed by atoms with Gasteiger partial charge < -0.3 is 15.2 Å². The zero-order chi connectivity index (χ0) is 12.3. The van der Waals surface area contributed by atoms with E-state index in [0.717, 1.165) is 3.57 Å². The number of nitrogens with zero attached hydrogens (tertiary/aromatic N) is 2. The molecule has 0 bridgehead atoms. The Balaban J connectivity index is 2.33. The van der Waals surface area contributed by atoms with Gasteiger partial charge in [-0.3, -0.25) is 0 Å². The highest BCUT2D eigenvalue weighted by molar-refractivity contribution is 14.1. The van der Waals surface area contributed by atoms with Gasteiger partial charge in [-0.05, 0) is 40.8 Å². The van der Waals surface area contributed by atoms with Gasteiger partial charge in [0.25, 0.3) is 5.88 Å². The van der Waals surface area contributed by atoms with E-state index >= 15 is 0 Å². The third-order valence-corrected chi connectivity index (χ3v) is 2.68. The zero-order valence-corrected chi connectivity index (χ0v) is 11.2. The molecular weight excluding hydrogens is 333 g/mol. The van der Waals surface area contributed by atoms with E-state index in [1.807, 2.05) is 24.3 Å². The van der Waals surface area contributed by atoms with Gasteiger partial charge >= 0.3 is 0 Å².